The first-order valence-corrected chi connectivity index (χ1v) is 6.70. The molecule has 1 atom stereocenters. The van der Waals surface area contributed by atoms with Crippen molar-refractivity contribution in [3.05, 3.63) is 42.5 Å². The fraction of sp³-hybridized carbons (Fsp3) is 0.500. The van der Waals surface area contributed by atoms with E-state index in [1.54, 1.807) is 0 Å². The Hall–Kier alpha value is -1.08. The molecule has 0 bridgehead atoms. The molecule has 0 saturated heterocycles. The quantitative estimate of drug-likeness (QED) is 0.659. The largest absolute Gasteiger partial charge is 0.310 e. The topological polar surface area (TPSA) is 12.0 Å². The zero-order valence-electron chi connectivity index (χ0n) is 11.2. The summed E-state index contributed by atoms with van der Waals surface area (Å²) in [4.78, 5) is 0. The lowest BCUT2D eigenvalue weighted by molar-refractivity contribution is 0.512. The van der Waals surface area contributed by atoms with Gasteiger partial charge in [0.2, 0.25) is 0 Å². The van der Waals surface area contributed by atoms with Gasteiger partial charge in [0.1, 0.15) is 0 Å². The van der Waals surface area contributed by atoms with E-state index in [9.17, 15) is 0 Å². The summed E-state index contributed by atoms with van der Waals surface area (Å²) >= 11 is 0. The van der Waals surface area contributed by atoms with Gasteiger partial charge in [-0.1, -0.05) is 63.1 Å². The molecule has 1 aromatic carbocycles. The van der Waals surface area contributed by atoms with Crippen LogP contribution >= 0.6 is 0 Å². The van der Waals surface area contributed by atoms with Gasteiger partial charge in [0.05, 0.1) is 0 Å². The SMILES string of the molecule is C=C(CNC(C)CCCCC)c1ccccc1. The molecule has 17 heavy (non-hydrogen) atoms. The van der Waals surface area contributed by atoms with E-state index in [1.807, 2.05) is 6.07 Å². The van der Waals surface area contributed by atoms with Gasteiger partial charge in [0, 0.05) is 12.6 Å². The third-order valence-corrected chi connectivity index (χ3v) is 3.09. The Bertz CT molecular complexity index is 316. The second kappa shape index (κ2) is 8.08. The lowest BCUT2D eigenvalue weighted by Crippen LogP contribution is -2.27. The van der Waals surface area contributed by atoms with Gasteiger partial charge in [0.25, 0.3) is 0 Å². The highest BCUT2D eigenvalue weighted by atomic mass is 14.9. The molecule has 1 N–H and O–H groups in total. The van der Waals surface area contributed by atoms with Crippen molar-refractivity contribution in [2.45, 2.75) is 45.6 Å². The second-order valence-corrected chi connectivity index (χ2v) is 4.75. The van der Waals surface area contributed by atoms with E-state index in [2.05, 4.69) is 50.0 Å². The van der Waals surface area contributed by atoms with Gasteiger partial charge in [-0.25, -0.2) is 0 Å². The van der Waals surface area contributed by atoms with Crippen molar-refractivity contribution in [3.63, 3.8) is 0 Å². The molecule has 0 aliphatic heterocycles. The summed E-state index contributed by atoms with van der Waals surface area (Å²) in [5.41, 5.74) is 2.41. The first kappa shape index (κ1) is 14.0. The summed E-state index contributed by atoms with van der Waals surface area (Å²) in [6, 6.07) is 11.0. The van der Waals surface area contributed by atoms with Crippen LogP contribution in [-0.2, 0) is 0 Å². The van der Waals surface area contributed by atoms with Crippen LogP contribution in [0.25, 0.3) is 5.57 Å². The Labute approximate surface area is 106 Å². The van der Waals surface area contributed by atoms with Crippen molar-refractivity contribution in [1.82, 2.24) is 5.32 Å². The van der Waals surface area contributed by atoms with Crippen LogP contribution in [0.3, 0.4) is 0 Å². The normalized spacial score (nSPS) is 12.4. The van der Waals surface area contributed by atoms with Crippen LogP contribution in [0.5, 0.6) is 0 Å². The summed E-state index contributed by atoms with van der Waals surface area (Å²) in [5.74, 6) is 0. The number of hydrogen-bond donors (Lipinski definition) is 1. The van der Waals surface area contributed by atoms with Crippen LogP contribution < -0.4 is 5.32 Å². The highest BCUT2D eigenvalue weighted by Gasteiger charge is 2.02. The summed E-state index contributed by atoms with van der Waals surface area (Å²) in [6.45, 7) is 9.52. The van der Waals surface area contributed by atoms with E-state index < -0.39 is 0 Å². The van der Waals surface area contributed by atoms with E-state index in [1.165, 1.54) is 36.8 Å². The molecule has 0 spiro atoms. The highest BCUT2D eigenvalue weighted by Crippen LogP contribution is 2.11. The van der Waals surface area contributed by atoms with Gasteiger partial charge in [0.15, 0.2) is 0 Å². The van der Waals surface area contributed by atoms with Crippen LogP contribution in [0.1, 0.15) is 45.1 Å². The summed E-state index contributed by atoms with van der Waals surface area (Å²) < 4.78 is 0. The molecule has 0 amide bonds. The number of nitrogens with one attached hydrogen (secondary N) is 1. The predicted octanol–water partition coefficient (Wildman–Crippen LogP) is 4.26. The van der Waals surface area contributed by atoms with Gasteiger partial charge < -0.3 is 5.32 Å². The van der Waals surface area contributed by atoms with Gasteiger partial charge in [-0.15, -0.1) is 0 Å². The number of unbranched alkanes of at least 4 members (excludes halogenated alkanes) is 2. The molecule has 0 heterocycles. The number of rotatable bonds is 8. The maximum atomic E-state index is 4.13. The van der Waals surface area contributed by atoms with Gasteiger partial charge in [-0.2, -0.15) is 0 Å². The minimum atomic E-state index is 0.585. The van der Waals surface area contributed by atoms with Gasteiger partial charge >= 0.3 is 0 Å². The molecule has 0 aliphatic carbocycles. The van der Waals surface area contributed by atoms with Crippen LogP contribution in [0.4, 0.5) is 0 Å². The average molecular weight is 231 g/mol. The first-order chi connectivity index (χ1) is 8.24. The molecule has 1 nitrogen and oxygen atoms in total. The lowest BCUT2D eigenvalue weighted by atomic mass is 10.1. The molecule has 0 aliphatic rings. The average Bonchev–Trinajstić information content (AvgIpc) is 2.37. The first-order valence-electron chi connectivity index (χ1n) is 6.70. The van der Waals surface area contributed by atoms with Crippen LogP contribution in [-0.4, -0.2) is 12.6 Å². The van der Waals surface area contributed by atoms with Crippen molar-refractivity contribution in [2.75, 3.05) is 6.54 Å². The number of hydrogen-bond acceptors (Lipinski definition) is 1. The van der Waals surface area contributed by atoms with Crippen LogP contribution in [0.15, 0.2) is 36.9 Å². The molecule has 1 heteroatoms. The Balaban J connectivity index is 2.24. The number of benzene rings is 1. The Kier molecular flexibility index (Phi) is 6.64. The lowest BCUT2D eigenvalue weighted by Gasteiger charge is -2.14. The third-order valence-electron chi connectivity index (χ3n) is 3.09. The molecule has 94 valence electrons. The van der Waals surface area contributed by atoms with Gasteiger partial charge in [-0.3, -0.25) is 0 Å². The minimum Gasteiger partial charge on any atom is -0.310 e. The van der Waals surface area contributed by atoms with Crippen LogP contribution in [0.2, 0.25) is 0 Å². The smallest absolute Gasteiger partial charge is 0.0208 e. The Morgan fingerprint density at radius 3 is 2.59 bits per heavy atom. The zero-order chi connectivity index (χ0) is 12.5. The van der Waals surface area contributed by atoms with Crippen molar-refractivity contribution in [3.8, 4) is 0 Å². The minimum absolute atomic E-state index is 0.585. The second-order valence-electron chi connectivity index (χ2n) is 4.75. The van der Waals surface area contributed by atoms with Crippen molar-refractivity contribution < 1.29 is 0 Å². The fourth-order valence-electron chi connectivity index (χ4n) is 1.88. The zero-order valence-corrected chi connectivity index (χ0v) is 11.2. The maximum absolute atomic E-state index is 4.13. The molecule has 1 aromatic rings. The highest BCUT2D eigenvalue weighted by molar-refractivity contribution is 5.64. The molecule has 0 saturated carbocycles. The maximum Gasteiger partial charge on any atom is 0.0208 e. The van der Waals surface area contributed by atoms with E-state index in [-0.39, 0.29) is 0 Å². The van der Waals surface area contributed by atoms with Crippen molar-refractivity contribution >= 4 is 5.57 Å². The molecular formula is C16H25N. The fourth-order valence-corrected chi connectivity index (χ4v) is 1.88. The summed E-state index contributed by atoms with van der Waals surface area (Å²) in [7, 11) is 0. The predicted molar refractivity (Wildman–Crippen MR) is 77.1 cm³/mol. The van der Waals surface area contributed by atoms with E-state index >= 15 is 0 Å². The molecule has 1 unspecified atom stereocenters. The van der Waals surface area contributed by atoms with Crippen molar-refractivity contribution in [2.24, 2.45) is 0 Å². The molecule has 0 aromatic heterocycles. The monoisotopic (exact) mass is 231 g/mol. The summed E-state index contributed by atoms with van der Waals surface area (Å²) in [5, 5.41) is 3.54. The molecule has 0 radical (unpaired) electrons. The Morgan fingerprint density at radius 1 is 1.24 bits per heavy atom. The standard InChI is InChI=1S/C16H25N/c1-4-5-7-10-15(3)17-13-14(2)16-11-8-6-9-12-16/h6,8-9,11-12,15,17H,2,4-5,7,10,13H2,1,3H3. The van der Waals surface area contributed by atoms with Crippen molar-refractivity contribution in [1.29, 1.82) is 0 Å². The molecule has 1 rings (SSSR count). The Morgan fingerprint density at radius 2 is 1.94 bits per heavy atom. The van der Waals surface area contributed by atoms with E-state index in [0.29, 0.717) is 6.04 Å². The molecule has 0 fully saturated rings. The van der Waals surface area contributed by atoms with E-state index in [4.69, 9.17) is 0 Å². The van der Waals surface area contributed by atoms with Crippen LogP contribution in [0, 0.1) is 0 Å². The summed E-state index contributed by atoms with van der Waals surface area (Å²) in [6.07, 6.45) is 5.22. The third kappa shape index (κ3) is 5.69. The molecular weight excluding hydrogens is 206 g/mol. The van der Waals surface area contributed by atoms with E-state index in [0.717, 1.165) is 6.54 Å². The van der Waals surface area contributed by atoms with Gasteiger partial charge in [-0.05, 0) is 24.5 Å².